The van der Waals surface area contributed by atoms with Crippen LogP contribution in [0.5, 0.6) is 0 Å². The van der Waals surface area contributed by atoms with Crippen LogP contribution < -0.4 is 10.6 Å². The SMILES string of the molecule is CCOC1CC(NC(=NC)NC2CCc3nc(CC)nn3C2)C12CCCCC2. The minimum absolute atomic E-state index is 0.299. The number of nitrogens with zero attached hydrogens (tertiary/aromatic N) is 4. The molecule has 0 saturated heterocycles. The Kier molecular flexibility index (Phi) is 5.90. The lowest BCUT2D eigenvalue weighted by Gasteiger charge is -2.58. The van der Waals surface area contributed by atoms with E-state index in [0.29, 0.717) is 23.6 Å². The normalized spacial score (nSPS) is 29.2. The van der Waals surface area contributed by atoms with E-state index in [-0.39, 0.29) is 0 Å². The number of fused-ring (bicyclic) bond motifs is 1. The summed E-state index contributed by atoms with van der Waals surface area (Å²) in [4.78, 5) is 9.16. The van der Waals surface area contributed by atoms with Crippen LogP contribution >= 0.6 is 0 Å². The van der Waals surface area contributed by atoms with Gasteiger partial charge in [-0.2, -0.15) is 5.10 Å². The summed E-state index contributed by atoms with van der Waals surface area (Å²) in [6.45, 7) is 5.90. The van der Waals surface area contributed by atoms with E-state index < -0.39 is 0 Å². The summed E-state index contributed by atoms with van der Waals surface area (Å²) in [5.74, 6) is 3.00. The van der Waals surface area contributed by atoms with Crippen molar-refractivity contribution in [1.29, 1.82) is 0 Å². The molecule has 1 aliphatic heterocycles. The van der Waals surface area contributed by atoms with Crippen LogP contribution in [-0.2, 0) is 24.1 Å². The monoisotopic (exact) mass is 388 g/mol. The number of ether oxygens (including phenoxy) is 1. The van der Waals surface area contributed by atoms with Crippen LogP contribution in [0.3, 0.4) is 0 Å². The van der Waals surface area contributed by atoms with E-state index >= 15 is 0 Å². The van der Waals surface area contributed by atoms with Gasteiger partial charge in [0.25, 0.3) is 0 Å². The molecular formula is C21H36N6O. The Morgan fingerprint density at radius 1 is 1.25 bits per heavy atom. The Hall–Kier alpha value is -1.63. The van der Waals surface area contributed by atoms with E-state index in [1.165, 1.54) is 32.1 Å². The van der Waals surface area contributed by atoms with Gasteiger partial charge in [-0.05, 0) is 32.6 Å². The van der Waals surface area contributed by atoms with Gasteiger partial charge in [0, 0.05) is 44.0 Å². The average Bonchev–Trinajstić information content (AvgIpc) is 3.15. The molecule has 0 amide bonds. The number of guanidine groups is 1. The van der Waals surface area contributed by atoms with E-state index in [9.17, 15) is 0 Å². The zero-order valence-corrected chi connectivity index (χ0v) is 17.7. The molecule has 1 aromatic heterocycles. The van der Waals surface area contributed by atoms with Crippen molar-refractivity contribution in [3.63, 3.8) is 0 Å². The second-order valence-electron chi connectivity index (χ2n) is 8.60. The molecule has 7 heteroatoms. The largest absolute Gasteiger partial charge is 0.378 e. The third-order valence-electron chi connectivity index (χ3n) is 7.03. The fraction of sp³-hybridized carbons (Fsp3) is 0.857. The molecule has 3 atom stereocenters. The number of aromatic nitrogens is 3. The predicted octanol–water partition coefficient (Wildman–Crippen LogP) is 2.45. The molecule has 0 radical (unpaired) electrons. The molecule has 28 heavy (non-hydrogen) atoms. The first-order valence-corrected chi connectivity index (χ1v) is 11.2. The van der Waals surface area contributed by atoms with Gasteiger partial charge in [-0.15, -0.1) is 0 Å². The maximum Gasteiger partial charge on any atom is 0.191 e. The second-order valence-corrected chi connectivity index (χ2v) is 8.60. The van der Waals surface area contributed by atoms with Gasteiger partial charge in [0.05, 0.1) is 12.6 Å². The molecule has 2 heterocycles. The number of nitrogens with one attached hydrogen (secondary N) is 2. The molecule has 156 valence electrons. The van der Waals surface area contributed by atoms with Crippen molar-refractivity contribution in [2.45, 2.75) is 96.4 Å². The highest BCUT2D eigenvalue weighted by Gasteiger charge is 2.55. The van der Waals surface area contributed by atoms with Crippen molar-refractivity contribution >= 4 is 5.96 Å². The highest BCUT2D eigenvalue weighted by molar-refractivity contribution is 5.80. The molecule has 2 saturated carbocycles. The van der Waals surface area contributed by atoms with Gasteiger partial charge in [0.1, 0.15) is 5.82 Å². The third-order valence-corrected chi connectivity index (χ3v) is 7.03. The molecule has 0 aromatic carbocycles. The van der Waals surface area contributed by atoms with E-state index in [0.717, 1.165) is 56.4 Å². The fourth-order valence-corrected chi connectivity index (χ4v) is 5.42. The molecule has 2 fully saturated rings. The van der Waals surface area contributed by atoms with Gasteiger partial charge in [-0.1, -0.05) is 26.2 Å². The van der Waals surface area contributed by atoms with Crippen molar-refractivity contribution in [2.24, 2.45) is 10.4 Å². The number of hydrogen-bond donors (Lipinski definition) is 2. The van der Waals surface area contributed by atoms with Crippen molar-refractivity contribution in [3.05, 3.63) is 11.6 Å². The Labute approximate surface area is 168 Å². The van der Waals surface area contributed by atoms with Crippen LogP contribution in [0.25, 0.3) is 0 Å². The van der Waals surface area contributed by atoms with Crippen molar-refractivity contribution in [2.75, 3.05) is 13.7 Å². The lowest BCUT2D eigenvalue weighted by molar-refractivity contribution is -0.145. The topological polar surface area (TPSA) is 76.4 Å². The van der Waals surface area contributed by atoms with E-state index in [1.807, 2.05) is 7.05 Å². The quantitative estimate of drug-likeness (QED) is 0.599. The smallest absolute Gasteiger partial charge is 0.191 e. The molecule has 1 aromatic rings. The lowest BCUT2D eigenvalue weighted by atomic mass is 9.55. The standard InChI is InChI=1S/C21H36N6O/c1-4-18-25-19-10-9-15(14-27(19)26-18)23-20(22-3)24-16-13-17(28-5-2)21(16)11-7-6-8-12-21/h15-17H,4-14H2,1-3H3,(H2,22,23,24). The van der Waals surface area contributed by atoms with Crippen LogP contribution in [0.1, 0.15) is 70.4 Å². The zero-order valence-electron chi connectivity index (χ0n) is 17.7. The Bertz CT molecular complexity index is 693. The average molecular weight is 389 g/mol. The van der Waals surface area contributed by atoms with E-state index in [2.05, 4.69) is 44.2 Å². The second kappa shape index (κ2) is 8.39. The molecule has 2 N–H and O–H groups in total. The third kappa shape index (κ3) is 3.65. The predicted molar refractivity (Wildman–Crippen MR) is 110 cm³/mol. The molecule has 2 aliphatic carbocycles. The van der Waals surface area contributed by atoms with E-state index in [4.69, 9.17) is 4.74 Å². The molecule has 4 rings (SSSR count). The number of aliphatic imine (C=N–C) groups is 1. The van der Waals surface area contributed by atoms with Crippen LogP contribution in [0.2, 0.25) is 0 Å². The van der Waals surface area contributed by atoms with Gasteiger partial charge in [0.2, 0.25) is 0 Å². The van der Waals surface area contributed by atoms with Crippen molar-refractivity contribution in [3.8, 4) is 0 Å². The van der Waals surface area contributed by atoms with Gasteiger partial charge < -0.3 is 15.4 Å². The highest BCUT2D eigenvalue weighted by Crippen LogP contribution is 2.53. The minimum atomic E-state index is 0.299. The van der Waals surface area contributed by atoms with Crippen LogP contribution in [0, 0.1) is 5.41 Å². The first kappa shape index (κ1) is 19.7. The Morgan fingerprint density at radius 2 is 2.07 bits per heavy atom. The first-order chi connectivity index (χ1) is 13.7. The van der Waals surface area contributed by atoms with Gasteiger partial charge in [0.15, 0.2) is 11.8 Å². The number of rotatable bonds is 5. The molecule has 0 bridgehead atoms. The number of aryl methyl sites for hydroxylation is 2. The molecule has 1 spiro atoms. The number of hydrogen-bond acceptors (Lipinski definition) is 4. The maximum atomic E-state index is 6.10. The lowest BCUT2D eigenvalue weighted by Crippen LogP contribution is -2.67. The van der Waals surface area contributed by atoms with Gasteiger partial charge >= 0.3 is 0 Å². The summed E-state index contributed by atoms with van der Waals surface area (Å²) in [5.41, 5.74) is 0.299. The summed E-state index contributed by atoms with van der Waals surface area (Å²) in [5, 5.41) is 12.0. The van der Waals surface area contributed by atoms with Crippen LogP contribution in [-0.4, -0.2) is 52.6 Å². The van der Waals surface area contributed by atoms with Crippen molar-refractivity contribution in [1.82, 2.24) is 25.4 Å². The molecule has 3 aliphatic rings. The molecule has 3 unspecified atom stereocenters. The van der Waals surface area contributed by atoms with Gasteiger partial charge in [-0.3, -0.25) is 4.99 Å². The molecule has 7 nitrogen and oxygen atoms in total. The summed E-state index contributed by atoms with van der Waals surface area (Å²) in [6, 6.07) is 0.808. The highest BCUT2D eigenvalue weighted by atomic mass is 16.5. The summed E-state index contributed by atoms with van der Waals surface area (Å²) < 4.78 is 8.17. The molecular weight excluding hydrogens is 352 g/mol. The summed E-state index contributed by atoms with van der Waals surface area (Å²) in [7, 11) is 1.88. The van der Waals surface area contributed by atoms with Crippen LogP contribution in [0.4, 0.5) is 0 Å². The Balaban J connectivity index is 1.37. The maximum absolute atomic E-state index is 6.10. The summed E-state index contributed by atoms with van der Waals surface area (Å²) >= 11 is 0. The zero-order chi connectivity index (χ0) is 19.6. The van der Waals surface area contributed by atoms with Gasteiger partial charge in [-0.25, -0.2) is 9.67 Å². The fourth-order valence-electron chi connectivity index (χ4n) is 5.42. The van der Waals surface area contributed by atoms with Crippen molar-refractivity contribution < 1.29 is 4.74 Å². The Morgan fingerprint density at radius 3 is 2.79 bits per heavy atom. The summed E-state index contributed by atoms with van der Waals surface area (Å²) in [6.07, 6.45) is 11.0. The van der Waals surface area contributed by atoms with E-state index in [1.54, 1.807) is 0 Å². The van der Waals surface area contributed by atoms with Crippen LogP contribution in [0.15, 0.2) is 4.99 Å². The first-order valence-electron chi connectivity index (χ1n) is 11.2. The minimum Gasteiger partial charge on any atom is -0.378 e.